The summed E-state index contributed by atoms with van der Waals surface area (Å²) in [4.78, 5) is 61.5. The Morgan fingerprint density at radius 3 is 2.12 bits per heavy atom. The van der Waals surface area contributed by atoms with Crippen molar-refractivity contribution in [3.8, 4) is 17.2 Å². The van der Waals surface area contributed by atoms with Crippen LogP contribution < -0.4 is 19.3 Å². The molecular weight excluding hydrogens is 736 g/mol. The highest BCUT2D eigenvalue weighted by Gasteiger charge is 2.71. The van der Waals surface area contributed by atoms with Crippen molar-refractivity contribution in [3.05, 3.63) is 123 Å². The van der Waals surface area contributed by atoms with E-state index in [2.05, 4.69) is 15.9 Å². The number of nitrogens with zero attached hydrogens (tertiary/aromatic N) is 2. The first kappa shape index (κ1) is 33.2. The Kier molecular flexibility index (Phi) is 8.07. The van der Waals surface area contributed by atoms with Gasteiger partial charge in [-0.3, -0.25) is 24.1 Å². The van der Waals surface area contributed by atoms with Crippen molar-refractivity contribution in [1.82, 2.24) is 0 Å². The molecule has 0 unspecified atom stereocenters. The Hall–Kier alpha value is -4.93. The lowest BCUT2D eigenvalue weighted by Crippen LogP contribution is -2.53. The number of amides is 4. The highest BCUT2D eigenvalue weighted by molar-refractivity contribution is 9.10. The Morgan fingerprint density at radius 2 is 1.47 bits per heavy atom. The first-order valence-corrected chi connectivity index (χ1v) is 17.8. The molecule has 0 radical (unpaired) electrons. The standard InChI is InChI=1S/C40H32BrClN2O7/c1-50-31-18-26(45)19-32(51-2)34(31)35-27-15-16-28-33(38(48)43(36(28)46)24-13-11-22(41)12-14-24)29(27)20-30-37(47)44(25-10-6-9-23(42)17-25)39(49)40(30,35)21-7-4-3-5-8-21/h3-15,17-19,28-30,33,35,45H,16,20H2,1-2H3/t28-,29+,30-,33-,35+,40+/m0/s1. The van der Waals surface area contributed by atoms with Crippen LogP contribution >= 0.6 is 27.5 Å². The molecule has 0 bridgehead atoms. The van der Waals surface area contributed by atoms with Crippen molar-refractivity contribution in [1.29, 1.82) is 0 Å². The van der Waals surface area contributed by atoms with Gasteiger partial charge in [0.25, 0.3) is 0 Å². The van der Waals surface area contributed by atoms with E-state index in [0.29, 0.717) is 27.5 Å². The summed E-state index contributed by atoms with van der Waals surface area (Å²) in [6.07, 6.45) is 2.36. The van der Waals surface area contributed by atoms with Gasteiger partial charge in [-0.1, -0.05) is 75.6 Å². The first-order valence-electron chi connectivity index (χ1n) is 16.6. The van der Waals surface area contributed by atoms with Crippen LogP contribution in [0.5, 0.6) is 17.2 Å². The maximum absolute atomic E-state index is 15.5. The van der Waals surface area contributed by atoms with E-state index in [1.807, 2.05) is 36.4 Å². The van der Waals surface area contributed by atoms with Crippen LogP contribution in [0, 0.1) is 23.7 Å². The molecule has 2 saturated heterocycles. The number of hydrogen-bond acceptors (Lipinski definition) is 7. The van der Waals surface area contributed by atoms with Crippen LogP contribution in [0.3, 0.4) is 0 Å². The van der Waals surface area contributed by atoms with Gasteiger partial charge in [0.15, 0.2) is 0 Å². The van der Waals surface area contributed by atoms with E-state index < -0.39 is 46.8 Å². The van der Waals surface area contributed by atoms with E-state index in [9.17, 15) is 19.5 Å². The fraction of sp³-hybridized carbons (Fsp3) is 0.250. The minimum absolute atomic E-state index is 0.112. The Morgan fingerprint density at radius 1 is 0.784 bits per heavy atom. The van der Waals surface area contributed by atoms with E-state index in [4.69, 9.17) is 21.1 Å². The third kappa shape index (κ3) is 4.79. The molecule has 2 aliphatic carbocycles. The van der Waals surface area contributed by atoms with Crippen molar-refractivity contribution in [2.45, 2.75) is 24.2 Å². The lowest BCUT2D eigenvalue weighted by Gasteiger charge is -2.51. The third-order valence-electron chi connectivity index (χ3n) is 11.1. The largest absolute Gasteiger partial charge is 0.508 e. The summed E-state index contributed by atoms with van der Waals surface area (Å²) in [5.41, 5.74) is 1.06. The molecular formula is C40H32BrClN2O7. The lowest BCUT2D eigenvalue weighted by atomic mass is 9.49. The van der Waals surface area contributed by atoms with Gasteiger partial charge in [-0.15, -0.1) is 0 Å². The minimum Gasteiger partial charge on any atom is -0.508 e. The molecule has 6 atom stereocenters. The van der Waals surface area contributed by atoms with Gasteiger partial charge in [0, 0.05) is 33.1 Å². The van der Waals surface area contributed by atoms with Gasteiger partial charge in [0.2, 0.25) is 23.6 Å². The zero-order chi connectivity index (χ0) is 35.8. The van der Waals surface area contributed by atoms with Crippen LogP contribution in [-0.4, -0.2) is 43.0 Å². The van der Waals surface area contributed by atoms with Gasteiger partial charge < -0.3 is 14.6 Å². The van der Waals surface area contributed by atoms with Crippen molar-refractivity contribution in [2.75, 3.05) is 24.0 Å². The number of carbonyl (C=O) groups is 4. The molecule has 9 nitrogen and oxygen atoms in total. The number of ether oxygens (including phenoxy) is 2. The molecule has 4 amide bonds. The van der Waals surface area contributed by atoms with E-state index in [-0.39, 0.29) is 41.9 Å². The first-order chi connectivity index (χ1) is 24.6. The van der Waals surface area contributed by atoms with E-state index >= 15 is 4.79 Å². The number of phenolic OH excluding ortho intramolecular Hbond substituents is 1. The number of fused-ring (bicyclic) bond motifs is 4. The van der Waals surface area contributed by atoms with Gasteiger partial charge in [-0.2, -0.15) is 0 Å². The van der Waals surface area contributed by atoms with Crippen LogP contribution in [0.1, 0.15) is 29.9 Å². The minimum atomic E-state index is -1.54. The van der Waals surface area contributed by atoms with Crippen LogP contribution in [0.15, 0.2) is 107 Å². The molecule has 4 aliphatic rings. The van der Waals surface area contributed by atoms with Crippen LogP contribution in [0.4, 0.5) is 11.4 Å². The highest BCUT2D eigenvalue weighted by atomic mass is 79.9. The molecule has 51 heavy (non-hydrogen) atoms. The second kappa shape index (κ2) is 12.4. The SMILES string of the molecule is COc1cc(O)cc(OC)c1[C@H]1C2=CC[C@@H]3C(=O)N(c4ccc(Br)cc4)C(=O)[C@@H]3[C@@H]2C[C@H]2C(=O)N(c3cccc(Cl)c3)C(=O)[C@@]12c1ccccc1. The number of benzene rings is 4. The molecule has 1 saturated carbocycles. The number of hydrogen-bond donors (Lipinski definition) is 1. The van der Waals surface area contributed by atoms with Crippen molar-refractivity contribution in [2.24, 2.45) is 23.7 Å². The molecule has 2 aliphatic heterocycles. The molecule has 0 aromatic heterocycles. The van der Waals surface area contributed by atoms with Crippen molar-refractivity contribution in [3.63, 3.8) is 0 Å². The normalized spacial score (nSPS) is 26.8. The maximum Gasteiger partial charge on any atom is 0.246 e. The number of carbonyl (C=O) groups excluding carboxylic acids is 4. The predicted octanol–water partition coefficient (Wildman–Crippen LogP) is 7.19. The molecule has 3 fully saturated rings. The quantitative estimate of drug-likeness (QED) is 0.163. The van der Waals surface area contributed by atoms with Crippen molar-refractivity contribution >= 4 is 62.5 Å². The molecule has 1 N–H and O–H groups in total. The van der Waals surface area contributed by atoms with Gasteiger partial charge in [0.1, 0.15) is 17.2 Å². The second-order valence-corrected chi connectivity index (χ2v) is 14.7. The Balaban J connectivity index is 1.40. The zero-order valence-electron chi connectivity index (χ0n) is 27.6. The predicted molar refractivity (Wildman–Crippen MR) is 194 cm³/mol. The van der Waals surface area contributed by atoms with Crippen LogP contribution in [0.25, 0.3) is 0 Å². The Bertz CT molecular complexity index is 2130. The molecule has 2 heterocycles. The number of allylic oxidation sites excluding steroid dienone is 2. The maximum atomic E-state index is 15.5. The van der Waals surface area contributed by atoms with E-state index in [0.717, 1.165) is 10.0 Å². The summed E-state index contributed by atoms with van der Waals surface area (Å²) in [5, 5.41) is 11.1. The zero-order valence-corrected chi connectivity index (χ0v) is 29.9. The number of methoxy groups -OCH3 is 2. The summed E-state index contributed by atoms with van der Waals surface area (Å²) in [7, 11) is 2.93. The number of halogens is 2. The fourth-order valence-corrected chi connectivity index (χ4v) is 9.56. The fourth-order valence-electron chi connectivity index (χ4n) is 9.11. The monoisotopic (exact) mass is 766 g/mol. The number of rotatable bonds is 6. The van der Waals surface area contributed by atoms with E-state index in [1.165, 1.54) is 36.2 Å². The van der Waals surface area contributed by atoms with Crippen molar-refractivity contribution < 1.29 is 33.8 Å². The summed E-state index contributed by atoms with van der Waals surface area (Å²) < 4.78 is 12.6. The highest BCUT2D eigenvalue weighted by Crippen LogP contribution is 2.66. The molecule has 258 valence electrons. The lowest BCUT2D eigenvalue weighted by molar-refractivity contribution is -0.127. The van der Waals surface area contributed by atoms with E-state index in [1.54, 1.807) is 48.5 Å². The number of phenols is 1. The summed E-state index contributed by atoms with van der Waals surface area (Å²) in [5.74, 6) is -5.04. The molecule has 0 spiro atoms. The Labute approximate surface area is 307 Å². The molecule has 4 aromatic rings. The van der Waals surface area contributed by atoms with Gasteiger partial charge in [-0.05, 0) is 66.8 Å². The topological polar surface area (TPSA) is 113 Å². The summed E-state index contributed by atoms with van der Waals surface area (Å²) >= 11 is 9.84. The number of aromatic hydroxyl groups is 1. The third-order valence-corrected chi connectivity index (χ3v) is 11.8. The van der Waals surface area contributed by atoms with Crippen LogP contribution in [-0.2, 0) is 24.6 Å². The second-order valence-electron chi connectivity index (χ2n) is 13.3. The summed E-state index contributed by atoms with van der Waals surface area (Å²) in [6, 6.07) is 25.7. The van der Waals surface area contributed by atoms with Gasteiger partial charge in [0.05, 0.1) is 48.8 Å². The average Bonchev–Trinajstić information content (AvgIpc) is 3.52. The molecule has 8 rings (SSSR count). The smallest absolute Gasteiger partial charge is 0.246 e. The van der Waals surface area contributed by atoms with Gasteiger partial charge >= 0.3 is 0 Å². The molecule has 4 aromatic carbocycles. The number of anilines is 2. The molecule has 11 heteroatoms. The van der Waals surface area contributed by atoms with Crippen LogP contribution in [0.2, 0.25) is 5.02 Å². The average molecular weight is 768 g/mol. The summed E-state index contributed by atoms with van der Waals surface area (Å²) in [6.45, 7) is 0. The number of imide groups is 2. The van der Waals surface area contributed by atoms with Gasteiger partial charge in [-0.25, -0.2) is 4.90 Å².